The van der Waals surface area contributed by atoms with E-state index in [1.807, 2.05) is 12.4 Å². The molecule has 1 N–H and O–H groups in total. The smallest absolute Gasteiger partial charge is 0.317 e. The highest BCUT2D eigenvalue weighted by Gasteiger charge is 2.17. The van der Waals surface area contributed by atoms with E-state index in [0.717, 1.165) is 30.9 Å². The van der Waals surface area contributed by atoms with E-state index < -0.39 is 0 Å². The molecule has 1 fully saturated rings. The molecule has 20 heavy (non-hydrogen) atoms. The van der Waals surface area contributed by atoms with Crippen LogP contribution >= 0.6 is 11.3 Å². The molecule has 1 saturated heterocycles. The Morgan fingerprint density at radius 1 is 1.70 bits per heavy atom. The Balaban J connectivity index is 1.66. The molecule has 0 bridgehead atoms. The van der Waals surface area contributed by atoms with Crippen LogP contribution in [0.5, 0.6) is 0 Å². The standard InChI is InChI=1S/C14H23N3O2S/c1-11(13-15-7-9-20-13)10-17(2)14(18)16-6-5-12-4-3-8-19-12/h7,9,11-12H,3-6,8,10H2,1-2H3,(H,16,18)/t11-,12-/m1/s1. The number of aromatic nitrogens is 1. The van der Waals surface area contributed by atoms with Crippen LogP contribution in [0, 0.1) is 0 Å². The molecule has 112 valence electrons. The van der Waals surface area contributed by atoms with Crippen molar-refractivity contribution in [1.29, 1.82) is 0 Å². The van der Waals surface area contributed by atoms with Gasteiger partial charge in [0.1, 0.15) is 0 Å². The van der Waals surface area contributed by atoms with E-state index in [1.165, 1.54) is 0 Å². The number of thiazole rings is 1. The third kappa shape index (κ3) is 4.45. The minimum absolute atomic E-state index is 0.0218. The van der Waals surface area contributed by atoms with Gasteiger partial charge in [0.05, 0.1) is 11.1 Å². The maximum atomic E-state index is 12.0. The molecule has 0 radical (unpaired) electrons. The fraction of sp³-hybridized carbons (Fsp3) is 0.714. The summed E-state index contributed by atoms with van der Waals surface area (Å²) in [5.41, 5.74) is 0. The summed E-state index contributed by atoms with van der Waals surface area (Å²) in [4.78, 5) is 18.0. The number of amides is 2. The third-order valence-electron chi connectivity index (χ3n) is 3.53. The number of ether oxygens (including phenoxy) is 1. The molecule has 2 heterocycles. The van der Waals surface area contributed by atoms with Gasteiger partial charge in [-0.05, 0) is 19.3 Å². The average molecular weight is 297 g/mol. The van der Waals surface area contributed by atoms with Crippen molar-refractivity contribution < 1.29 is 9.53 Å². The van der Waals surface area contributed by atoms with Gasteiger partial charge in [0.15, 0.2) is 0 Å². The van der Waals surface area contributed by atoms with E-state index in [0.29, 0.717) is 19.2 Å². The normalized spacial score (nSPS) is 19.8. The number of rotatable bonds is 6. The Hall–Kier alpha value is -1.14. The Morgan fingerprint density at radius 3 is 3.20 bits per heavy atom. The Morgan fingerprint density at radius 2 is 2.55 bits per heavy atom. The lowest BCUT2D eigenvalue weighted by molar-refractivity contribution is 0.104. The van der Waals surface area contributed by atoms with E-state index in [1.54, 1.807) is 22.4 Å². The number of carbonyl (C=O) groups excluding carboxylic acids is 1. The van der Waals surface area contributed by atoms with Gasteiger partial charge in [-0.1, -0.05) is 6.92 Å². The summed E-state index contributed by atoms with van der Waals surface area (Å²) in [6.07, 6.45) is 5.30. The van der Waals surface area contributed by atoms with Gasteiger partial charge < -0.3 is 15.0 Å². The first-order valence-electron chi connectivity index (χ1n) is 7.16. The van der Waals surface area contributed by atoms with Gasteiger partial charge in [0.2, 0.25) is 0 Å². The predicted molar refractivity (Wildman–Crippen MR) is 80.1 cm³/mol. The van der Waals surface area contributed by atoms with Crippen LogP contribution in [0.4, 0.5) is 4.79 Å². The number of hydrogen-bond donors (Lipinski definition) is 1. The second-order valence-corrected chi connectivity index (χ2v) is 6.23. The minimum atomic E-state index is -0.0218. The molecule has 1 aliphatic heterocycles. The zero-order valence-corrected chi connectivity index (χ0v) is 13.0. The van der Waals surface area contributed by atoms with Crippen molar-refractivity contribution in [3.8, 4) is 0 Å². The van der Waals surface area contributed by atoms with E-state index in [-0.39, 0.29) is 11.9 Å². The third-order valence-corrected chi connectivity index (χ3v) is 4.54. The van der Waals surface area contributed by atoms with E-state index in [2.05, 4.69) is 17.2 Å². The molecule has 0 unspecified atom stereocenters. The quantitative estimate of drug-likeness (QED) is 0.877. The molecule has 5 nitrogen and oxygen atoms in total. The second kappa shape index (κ2) is 7.59. The molecule has 0 aliphatic carbocycles. The zero-order valence-electron chi connectivity index (χ0n) is 12.2. The van der Waals surface area contributed by atoms with Gasteiger partial charge in [-0.15, -0.1) is 11.3 Å². The molecular weight excluding hydrogens is 274 g/mol. The average Bonchev–Trinajstić information content (AvgIpc) is 3.11. The lowest BCUT2D eigenvalue weighted by Crippen LogP contribution is -2.40. The van der Waals surface area contributed by atoms with Crippen molar-refractivity contribution >= 4 is 17.4 Å². The number of carbonyl (C=O) groups is 1. The molecule has 2 amide bonds. The Bertz CT molecular complexity index is 405. The lowest BCUT2D eigenvalue weighted by atomic mass is 10.2. The number of likely N-dealkylation sites (N-methyl/N-ethyl adjacent to an activating group) is 1. The molecule has 0 saturated carbocycles. The topological polar surface area (TPSA) is 54.5 Å². The number of urea groups is 1. The molecular formula is C14H23N3O2S. The maximum absolute atomic E-state index is 12.0. The number of hydrogen-bond acceptors (Lipinski definition) is 4. The van der Waals surface area contributed by atoms with Crippen LogP contribution in [-0.4, -0.2) is 48.8 Å². The molecule has 6 heteroatoms. The summed E-state index contributed by atoms with van der Waals surface area (Å²) in [6, 6.07) is -0.0218. The Kier molecular flexibility index (Phi) is 5.79. The van der Waals surface area contributed by atoms with Gasteiger partial charge >= 0.3 is 6.03 Å². The highest BCUT2D eigenvalue weighted by Crippen LogP contribution is 2.18. The predicted octanol–water partition coefficient (Wildman–Crippen LogP) is 2.46. The van der Waals surface area contributed by atoms with E-state index in [4.69, 9.17) is 4.74 Å². The summed E-state index contributed by atoms with van der Waals surface area (Å²) < 4.78 is 5.54. The molecule has 2 rings (SSSR count). The summed E-state index contributed by atoms with van der Waals surface area (Å²) in [5, 5.41) is 5.99. The van der Waals surface area contributed by atoms with Crippen LogP contribution in [0.25, 0.3) is 0 Å². The molecule has 0 aromatic carbocycles. The molecule has 1 aliphatic rings. The highest BCUT2D eigenvalue weighted by atomic mass is 32.1. The summed E-state index contributed by atoms with van der Waals surface area (Å²) in [7, 11) is 1.82. The first kappa shape index (κ1) is 15.3. The molecule has 2 atom stereocenters. The van der Waals surface area contributed by atoms with Gasteiger partial charge in [0.25, 0.3) is 0 Å². The van der Waals surface area contributed by atoms with Crippen molar-refractivity contribution in [3.05, 3.63) is 16.6 Å². The summed E-state index contributed by atoms with van der Waals surface area (Å²) in [5.74, 6) is 0.268. The van der Waals surface area contributed by atoms with Crippen molar-refractivity contribution in [2.45, 2.75) is 38.2 Å². The van der Waals surface area contributed by atoms with Crippen molar-refractivity contribution in [2.24, 2.45) is 0 Å². The number of nitrogens with one attached hydrogen (secondary N) is 1. The molecule has 0 spiro atoms. The van der Waals surface area contributed by atoms with Gasteiger partial charge in [-0.2, -0.15) is 0 Å². The van der Waals surface area contributed by atoms with Crippen LogP contribution in [0.1, 0.15) is 37.1 Å². The number of nitrogens with zero attached hydrogens (tertiary/aromatic N) is 2. The fourth-order valence-corrected chi connectivity index (χ4v) is 3.09. The maximum Gasteiger partial charge on any atom is 0.317 e. The van der Waals surface area contributed by atoms with Crippen LogP contribution in [0.15, 0.2) is 11.6 Å². The van der Waals surface area contributed by atoms with Crippen LogP contribution in [0.2, 0.25) is 0 Å². The Labute approximate surface area is 124 Å². The van der Waals surface area contributed by atoms with Crippen LogP contribution in [-0.2, 0) is 4.74 Å². The SMILES string of the molecule is C[C@H](CN(C)C(=O)NCC[C@H]1CCCO1)c1nccs1. The molecule has 1 aromatic rings. The van der Waals surface area contributed by atoms with Crippen molar-refractivity contribution in [2.75, 3.05) is 26.7 Å². The summed E-state index contributed by atoms with van der Waals surface area (Å²) in [6.45, 7) is 4.32. The van der Waals surface area contributed by atoms with Crippen LogP contribution < -0.4 is 5.32 Å². The molecule has 1 aromatic heterocycles. The highest BCUT2D eigenvalue weighted by molar-refractivity contribution is 7.09. The largest absolute Gasteiger partial charge is 0.378 e. The van der Waals surface area contributed by atoms with Crippen LogP contribution in [0.3, 0.4) is 0 Å². The van der Waals surface area contributed by atoms with E-state index >= 15 is 0 Å². The zero-order chi connectivity index (χ0) is 14.4. The monoisotopic (exact) mass is 297 g/mol. The fourth-order valence-electron chi connectivity index (χ4n) is 2.40. The van der Waals surface area contributed by atoms with Crippen molar-refractivity contribution in [3.63, 3.8) is 0 Å². The summed E-state index contributed by atoms with van der Waals surface area (Å²) >= 11 is 1.63. The van der Waals surface area contributed by atoms with Crippen molar-refractivity contribution in [1.82, 2.24) is 15.2 Å². The van der Waals surface area contributed by atoms with Gasteiger partial charge in [-0.25, -0.2) is 9.78 Å². The first-order valence-corrected chi connectivity index (χ1v) is 8.04. The minimum Gasteiger partial charge on any atom is -0.378 e. The van der Waals surface area contributed by atoms with Gasteiger partial charge in [-0.3, -0.25) is 0 Å². The van der Waals surface area contributed by atoms with Gasteiger partial charge in [0, 0.05) is 44.2 Å². The van der Waals surface area contributed by atoms with E-state index in [9.17, 15) is 4.79 Å². The lowest BCUT2D eigenvalue weighted by Gasteiger charge is -2.21. The first-order chi connectivity index (χ1) is 9.66. The second-order valence-electron chi connectivity index (χ2n) is 5.31.